The maximum atomic E-state index is 11.9. The summed E-state index contributed by atoms with van der Waals surface area (Å²) in [5.41, 5.74) is 0. The summed E-state index contributed by atoms with van der Waals surface area (Å²) >= 11 is 0. The second-order valence-corrected chi connectivity index (χ2v) is 10.6. The number of esters is 1. The predicted molar refractivity (Wildman–Crippen MR) is 120 cm³/mol. The number of carbonyl (C=O) groups is 1. The Balaban J connectivity index is 3.81. The molecular formula is C22H46NO7P. The molecule has 9 heteroatoms. The minimum Gasteiger partial charge on any atom is -0.756 e. The zero-order valence-corrected chi connectivity index (χ0v) is 21.1. The summed E-state index contributed by atoms with van der Waals surface area (Å²) in [6, 6.07) is 0. The van der Waals surface area contributed by atoms with Gasteiger partial charge in [0.2, 0.25) is 0 Å². The third-order valence-electron chi connectivity index (χ3n) is 4.92. The number of unbranched alkanes of at least 4 members (excludes halogenated alkanes) is 10. The van der Waals surface area contributed by atoms with Crippen LogP contribution in [0.15, 0.2) is 0 Å². The minimum absolute atomic E-state index is 0.00723. The van der Waals surface area contributed by atoms with Gasteiger partial charge in [-0.15, -0.1) is 0 Å². The molecule has 0 fully saturated rings. The van der Waals surface area contributed by atoms with E-state index < -0.39 is 33.1 Å². The van der Waals surface area contributed by atoms with Crippen molar-refractivity contribution in [2.75, 3.05) is 47.5 Å². The third kappa shape index (κ3) is 21.1. The molecule has 8 nitrogen and oxygen atoms in total. The summed E-state index contributed by atoms with van der Waals surface area (Å²) in [5, 5.41) is 9.32. The Labute approximate surface area is 189 Å². The van der Waals surface area contributed by atoms with Crippen LogP contribution in [0.2, 0.25) is 0 Å². The summed E-state index contributed by atoms with van der Waals surface area (Å²) in [5.74, 6) is -0.453. The Hall–Kier alpha value is -0.500. The molecule has 0 bridgehead atoms. The zero-order chi connectivity index (χ0) is 23.6. The number of phosphoric ester groups is 1. The summed E-state index contributed by atoms with van der Waals surface area (Å²) in [6.07, 6.45) is 12.3. The van der Waals surface area contributed by atoms with Gasteiger partial charge in [-0.2, -0.15) is 0 Å². The van der Waals surface area contributed by atoms with E-state index in [4.69, 9.17) is 13.8 Å². The molecule has 0 aromatic heterocycles. The number of hydrogen-bond acceptors (Lipinski definition) is 7. The third-order valence-corrected chi connectivity index (χ3v) is 5.88. The van der Waals surface area contributed by atoms with E-state index in [0.29, 0.717) is 11.0 Å². The van der Waals surface area contributed by atoms with Gasteiger partial charge in [-0.3, -0.25) is 9.36 Å². The van der Waals surface area contributed by atoms with Crippen LogP contribution >= 0.6 is 7.82 Å². The number of ether oxygens (including phenoxy) is 1. The van der Waals surface area contributed by atoms with Crippen LogP contribution in [0.25, 0.3) is 0 Å². The average Bonchev–Trinajstić information content (AvgIpc) is 2.68. The molecule has 0 saturated heterocycles. The second-order valence-electron chi connectivity index (χ2n) is 9.17. The number of nitrogens with zero attached hydrogens (tertiary/aromatic N) is 1. The predicted octanol–water partition coefficient (Wildman–Crippen LogP) is 3.80. The van der Waals surface area contributed by atoms with Crippen LogP contribution < -0.4 is 4.89 Å². The number of phosphoric acid groups is 1. The van der Waals surface area contributed by atoms with Crippen LogP contribution in [0, 0.1) is 0 Å². The zero-order valence-electron chi connectivity index (χ0n) is 20.2. The fourth-order valence-corrected chi connectivity index (χ4v) is 3.67. The lowest BCUT2D eigenvalue weighted by atomic mass is 10.1. The Morgan fingerprint density at radius 3 is 1.94 bits per heavy atom. The van der Waals surface area contributed by atoms with Crippen LogP contribution in [-0.4, -0.2) is 69.2 Å². The van der Waals surface area contributed by atoms with Gasteiger partial charge in [0.25, 0.3) is 7.82 Å². The lowest BCUT2D eigenvalue weighted by Gasteiger charge is -2.28. The van der Waals surface area contributed by atoms with Crippen molar-refractivity contribution in [3.05, 3.63) is 0 Å². The van der Waals surface area contributed by atoms with Crippen LogP contribution in [-0.2, 0) is 23.1 Å². The molecule has 0 aliphatic rings. The van der Waals surface area contributed by atoms with Crippen molar-refractivity contribution >= 4 is 13.8 Å². The van der Waals surface area contributed by atoms with Crippen LogP contribution in [0.5, 0.6) is 0 Å². The number of likely N-dealkylation sites (N-methyl/N-ethyl adjacent to an activating group) is 1. The van der Waals surface area contributed by atoms with E-state index in [9.17, 15) is 19.4 Å². The van der Waals surface area contributed by atoms with E-state index in [1.165, 1.54) is 51.4 Å². The molecule has 0 aliphatic heterocycles. The second kappa shape index (κ2) is 18.0. The Kier molecular flexibility index (Phi) is 17.7. The molecule has 1 N–H and O–H groups in total. The SMILES string of the molecule is CCCCCCCCCCCCCC(=O)O[C@H](CO)COP(=O)([O-])OCC[N+](C)(C)C. The highest BCUT2D eigenvalue weighted by atomic mass is 31.2. The van der Waals surface area contributed by atoms with Crippen molar-refractivity contribution in [3.8, 4) is 0 Å². The normalized spacial score (nSPS) is 14.9. The lowest BCUT2D eigenvalue weighted by Crippen LogP contribution is -2.37. The summed E-state index contributed by atoms with van der Waals surface area (Å²) in [7, 11) is 1.24. The van der Waals surface area contributed by atoms with Gasteiger partial charge in [0.05, 0.1) is 34.4 Å². The van der Waals surface area contributed by atoms with Crippen LogP contribution in [0.4, 0.5) is 0 Å². The first-order valence-corrected chi connectivity index (χ1v) is 13.3. The van der Waals surface area contributed by atoms with Crippen LogP contribution in [0.3, 0.4) is 0 Å². The van der Waals surface area contributed by atoms with E-state index in [1.807, 2.05) is 21.1 Å². The van der Waals surface area contributed by atoms with E-state index in [1.54, 1.807) is 0 Å². The highest BCUT2D eigenvalue weighted by molar-refractivity contribution is 7.45. The molecule has 0 aromatic rings. The molecule has 0 amide bonds. The number of aliphatic hydroxyl groups is 1. The van der Waals surface area contributed by atoms with Crippen molar-refractivity contribution in [2.45, 2.75) is 90.1 Å². The van der Waals surface area contributed by atoms with Gasteiger partial charge in [-0.25, -0.2) is 0 Å². The fourth-order valence-electron chi connectivity index (χ4n) is 2.94. The first-order valence-electron chi connectivity index (χ1n) is 11.8. The number of quaternary nitrogens is 1. The Morgan fingerprint density at radius 2 is 1.45 bits per heavy atom. The molecule has 0 saturated carbocycles. The number of hydrogen-bond donors (Lipinski definition) is 1. The molecule has 0 aromatic carbocycles. The minimum atomic E-state index is -4.50. The largest absolute Gasteiger partial charge is 0.756 e. The monoisotopic (exact) mass is 467 g/mol. The molecule has 0 heterocycles. The molecule has 2 atom stereocenters. The van der Waals surface area contributed by atoms with Crippen molar-refractivity contribution < 1.29 is 37.6 Å². The smallest absolute Gasteiger partial charge is 0.306 e. The molecule has 0 spiro atoms. The maximum absolute atomic E-state index is 11.9. The fraction of sp³-hybridized carbons (Fsp3) is 0.955. The van der Waals surface area contributed by atoms with Gasteiger partial charge in [0, 0.05) is 6.42 Å². The van der Waals surface area contributed by atoms with E-state index >= 15 is 0 Å². The van der Waals surface area contributed by atoms with E-state index in [-0.39, 0.29) is 13.0 Å². The maximum Gasteiger partial charge on any atom is 0.306 e. The van der Waals surface area contributed by atoms with E-state index in [0.717, 1.165) is 19.3 Å². The van der Waals surface area contributed by atoms with E-state index in [2.05, 4.69) is 6.92 Å². The number of aliphatic hydroxyl groups excluding tert-OH is 1. The lowest BCUT2D eigenvalue weighted by molar-refractivity contribution is -0.870. The topological polar surface area (TPSA) is 105 Å². The van der Waals surface area contributed by atoms with Gasteiger partial charge in [-0.1, -0.05) is 71.1 Å². The Bertz CT molecular complexity index is 497. The highest BCUT2D eigenvalue weighted by Crippen LogP contribution is 2.38. The number of rotatable bonds is 21. The van der Waals surface area contributed by atoms with Gasteiger partial charge in [0.1, 0.15) is 19.3 Å². The summed E-state index contributed by atoms with van der Waals surface area (Å²) in [6.45, 7) is 1.75. The van der Waals surface area contributed by atoms with Gasteiger partial charge < -0.3 is 28.3 Å². The van der Waals surface area contributed by atoms with Crippen molar-refractivity contribution in [3.63, 3.8) is 0 Å². The Morgan fingerprint density at radius 1 is 0.935 bits per heavy atom. The van der Waals surface area contributed by atoms with Crippen molar-refractivity contribution in [2.24, 2.45) is 0 Å². The van der Waals surface area contributed by atoms with Gasteiger partial charge >= 0.3 is 5.97 Å². The highest BCUT2D eigenvalue weighted by Gasteiger charge is 2.19. The standard InChI is InChI=1S/C22H46NO7P/c1-5-6-7-8-9-10-11-12-13-14-15-16-22(25)30-21(19-24)20-29-31(26,27)28-18-17-23(2,3)4/h21,24H,5-20H2,1-4H3/t21-/m1/s1. The molecule has 1 unspecified atom stereocenters. The molecule has 0 rings (SSSR count). The summed E-state index contributed by atoms with van der Waals surface area (Å²) in [4.78, 5) is 23.7. The first kappa shape index (κ1) is 30.5. The molecule has 186 valence electrons. The summed E-state index contributed by atoms with van der Waals surface area (Å²) < 4.78 is 27.0. The number of carbonyl (C=O) groups excluding carboxylic acids is 1. The quantitative estimate of drug-likeness (QED) is 0.118. The molecular weight excluding hydrogens is 421 g/mol. The van der Waals surface area contributed by atoms with Crippen LogP contribution in [0.1, 0.15) is 84.0 Å². The first-order chi connectivity index (χ1) is 14.6. The van der Waals surface area contributed by atoms with Gasteiger partial charge in [0.15, 0.2) is 0 Å². The van der Waals surface area contributed by atoms with Crippen molar-refractivity contribution in [1.29, 1.82) is 0 Å². The molecule has 31 heavy (non-hydrogen) atoms. The molecule has 0 aliphatic carbocycles. The molecule has 0 radical (unpaired) electrons. The average molecular weight is 468 g/mol. The van der Waals surface area contributed by atoms with Gasteiger partial charge in [-0.05, 0) is 6.42 Å². The van der Waals surface area contributed by atoms with Crippen molar-refractivity contribution in [1.82, 2.24) is 0 Å².